The van der Waals surface area contributed by atoms with Crippen LogP contribution in [0.1, 0.15) is 79.3 Å². The number of hydrogen-bond acceptors (Lipinski definition) is 9. The molecule has 45 heavy (non-hydrogen) atoms. The number of carbonyl (C=O) groups excluding carboxylic acids is 1. The van der Waals surface area contributed by atoms with E-state index in [1.807, 2.05) is 48.5 Å². The average molecular weight is 615 g/mol. The van der Waals surface area contributed by atoms with Gasteiger partial charge < -0.3 is 28.4 Å². The number of benzene rings is 2. The van der Waals surface area contributed by atoms with Gasteiger partial charge in [-0.1, -0.05) is 12.1 Å². The molecule has 0 spiro atoms. The number of Topliss-reactive ketones (excluding diaryl/α,β-unsaturated/α-hetero) is 1. The maximum Gasteiger partial charge on any atom is 0.213 e. The van der Waals surface area contributed by atoms with E-state index < -0.39 is 5.60 Å². The van der Waals surface area contributed by atoms with Crippen LogP contribution in [0.2, 0.25) is 0 Å². The predicted octanol–water partition coefficient (Wildman–Crippen LogP) is 6.28. The Morgan fingerprint density at radius 2 is 1.58 bits per heavy atom. The molecule has 0 bridgehead atoms. The van der Waals surface area contributed by atoms with Crippen LogP contribution in [0.15, 0.2) is 60.8 Å². The van der Waals surface area contributed by atoms with Crippen molar-refractivity contribution in [2.24, 2.45) is 0 Å². The summed E-state index contributed by atoms with van der Waals surface area (Å²) in [4.78, 5) is 21.0. The highest BCUT2D eigenvalue weighted by molar-refractivity contribution is 6.01. The van der Waals surface area contributed by atoms with E-state index in [1.165, 1.54) is 12.8 Å². The first-order valence-electron chi connectivity index (χ1n) is 16.5. The van der Waals surface area contributed by atoms with Gasteiger partial charge in [0.15, 0.2) is 24.0 Å². The molecule has 3 saturated heterocycles. The Balaban J connectivity index is 1.17. The van der Waals surface area contributed by atoms with Gasteiger partial charge in [-0.2, -0.15) is 0 Å². The fraction of sp³-hybridized carbons (Fsp3) is 0.500. The van der Waals surface area contributed by atoms with Crippen molar-refractivity contribution >= 4 is 5.78 Å². The SMILES string of the molecule is O=C1CC(c2ccc(OCCN3CCCC3)nc2)(c2cccc(OC3CCCCO3)c2)Oc2ccc(OC3CCCCO3)cc21. The third-order valence-electron chi connectivity index (χ3n) is 9.12. The van der Waals surface area contributed by atoms with Crippen molar-refractivity contribution in [3.8, 4) is 23.1 Å². The molecular formula is C36H42N2O7. The highest BCUT2D eigenvalue weighted by Gasteiger charge is 2.44. The molecule has 4 aliphatic heterocycles. The molecule has 3 unspecified atom stereocenters. The summed E-state index contributed by atoms with van der Waals surface area (Å²) in [5.74, 6) is 2.28. The number of aromatic nitrogens is 1. The first-order valence-corrected chi connectivity index (χ1v) is 16.5. The Hall–Kier alpha value is -3.66. The van der Waals surface area contributed by atoms with Crippen LogP contribution in [0.25, 0.3) is 0 Å². The molecule has 2 aromatic carbocycles. The minimum Gasteiger partial charge on any atom is -0.477 e. The lowest BCUT2D eigenvalue weighted by molar-refractivity contribution is -0.106. The summed E-state index contributed by atoms with van der Waals surface area (Å²) in [6.45, 7) is 5.10. The van der Waals surface area contributed by atoms with Crippen molar-refractivity contribution < 1.29 is 33.2 Å². The fourth-order valence-corrected chi connectivity index (χ4v) is 6.65. The minimum atomic E-state index is -1.12. The van der Waals surface area contributed by atoms with Gasteiger partial charge in [-0.25, -0.2) is 4.98 Å². The van der Waals surface area contributed by atoms with Crippen LogP contribution < -0.4 is 18.9 Å². The normalized spacial score (nSPS) is 25.3. The lowest BCUT2D eigenvalue weighted by Gasteiger charge is -2.39. The van der Waals surface area contributed by atoms with E-state index in [1.54, 1.807) is 12.3 Å². The quantitative estimate of drug-likeness (QED) is 0.262. The van der Waals surface area contributed by atoms with Crippen LogP contribution in [0.3, 0.4) is 0 Å². The number of ketones is 1. The Morgan fingerprint density at radius 1 is 0.822 bits per heavy atom. The monoisotopic (exact) mass is 614 g/mol. The van der Waals surface area contributed by atoms with Gasteiger partial charge in [-0.3, -0.25) is 9.69 Å². The van der Waals surface area contributed by atoms with Crippen molar-refractivity contribution in [2.75, 3.05) is 39.5 Å². The fourth-order valence-electron chi connectivity index (χ4n) is 6.65. The predicted molar refractivity (Wildman–Crippen MR) is 167 cm³/mol. The summed E-state index contributed by atoms with van der Waals surface area (Å²) in [5, 5.41) is 0. The van der Waals surface area contributed by atoms with E-state index in [9.17, 15) is 4.79 Å². The van der Waals surface area contributed by atoms with Gasteiger partial charge >= 0.3 is 0 Å². The van der Waals surface area contributed by atoms with Crippen LogP contribution in [0.5, 0.6) is 23.1 Å². The molecular weight excluding hydrogens is 572 g/mol. The molecule has 0 aliphatic carbocycles. The molecule has 3 aromatic rings. The van der Waals surface area contributed by atoms with Crippen molar-refractivity contribution in [1.82, 2.24) is 9.88 Å². The maximum absolute atomic E-state index is 14.0. The molecule has 3 atom stereocenters. The topological polar surface area (TPSA) is 88.6 Å². The molecule has 1 aromatic heterocycles. The zero-order valence-electron chi connectivity index (χ0n) is 25.8. The van der Waals surface area contributed by atoms with E-state index in [-0.39, 0.29) is 24.8 Å². The number of hydrogen-bond donors (Lipinski definition) is 0. The lowest BCUT2D eigenvalue weighted by Crippen LogP contribution is -2.40. The zero-order valence-corrected chi connectivity index (χ0v) is 25.8. The maximum atomic E-state index is 14.0. The number of likely N-dealkylation sites (tertiary alicyclic amines) is 1. The summed E-state index contributed by atoms with van der Waals surface area (Å²) in [6, 6.07) is 17.0. The second kappa shape index (κ2) is 13.8. The lowest BCUT2D eigenvalue weighted by atomic mass is 9.79. The zero-order chi connectivity index (χ0) is 30.5. The van der Waals surface area contributed by atoms with Crippen LogP contribution in [-0.2, 0) is 15.1 Å². The Bertz CT molecular complexity index is 1450. The van der Waals surface area contributed by atoms with E-state index in [2.05, 4.69) is 9.88 Å². The molecule has 5 heterocycles. The number of fused-ring (bicyclic) bond motifs is 1. The van der Waals surface area contributed by atoms with Gasteiger partial charge in [0, 0.05) is 42.8 Å². The average Bonchev–Trinajstić information content (AvgIpc) is 3.60. The summed E-state index contributed by atoms with van der Waals surface area (Å²) in [7, 11) is 0. The molecule has 7 rings (SSSR count). The molecule has 0 radical (unpaired) electrons. The number of ether oxygens (including phenoxy) is 6. The standard InChI is InChI=1S/C36H42N2O7/c39-31-24-36(26-8-7-9-28(22-26)43-34-10-1-5-19-41-34,27-12-15-33(37-25-27)40-21-18-38-16-3-4-17-38)45-32-14-13-29(23-30(31)32)44-35-11-2-6-20-42-35/h7-9,12-15,22-23,25,34-35H,1-6,10-11,16-21,24H2. The Kier molecular flexibility index (Phi) is 9.18. The number of nitrogens with zero attached hydrogens (tertiary/aromatic N) is 2. The number of rotatable bonds is 10. The summed E-state index contributed by atoms with van der Waals surface area (Å²) < 4.78 is 36.7. The highest BCUT2D eigenvalue weighted by Crippen LogP contribution is 2.46. The minimum absolute atomic E-state index is 0.0425. The van der Waals surface area contributed by atoms with Crippen molar-refractivity contribution in [2.45, 2.75) is 76.0 Å². The number of carbonyl (C=O) groups is 1. The summed E-state index contributed by atoms with van der Waals surface area (Å²) in [6.07, 6.45) is 9.66. The molecule has 3 fully saturated rings. The van der Waals surface area contributed by atoms with Gasteiger partial charge in [0.25, 0.3) is 0 Å². The van der Waals surface area contributed by atoms with Crippen molar-refractivity contribution in [1.29, 1.82) is 0 Å². The molecule has 0 saturated carbocycles. The molecule has 9 nitrogen and oxygen atoms in total. The Morgan fingerprint density at radius 3 is 2.27 bits per heavy atom. The Labute approximate surface area is 264 Å². The number of pyridine rings is 1. The third kappa shape index (κ3) is 6.95. The van der Waals surface area contributed by atoms with Crippen LogP contribution in [0.4, 0.5) is 0 Å². The summed E-state index contributed by atoms with van der Waals surface area (Å²) in [5.41, 5.74) is 0.940. The molecule has 4 aliphatic rings. The second-order valence-corrected chi connectivity index (χ2v) is 12.3. The largest absolute Gasteiger partial charge is 0.477 e. The van der Waals surface area contributed by atoms with Crippen LogP contribution in [0, 0.1) is 0 Å². The van der Waals surface area contributed by atoms with Gasteiger partial charge in [-0.15, -0.1) is 0 Å². The first kappa shape index (κ1) is 30.0. The van der Waals surface area contributed by atoms with Crippen molar-refractivity contribution in [3.05, 3.63) is 77.5 Å². The van der Waals surface area contributed by atoms with Crippen LogP contribution >= 0.6 is 0 Å². The smallest absolute Gasteiger partial charge is 0.213 e. The van der Waals surface area contributed by atoms with E-state index in [0.29, 0.717) is 48.5 Å². The first-order chi connectivity index (χ1) is 22.1. The van der Waals surface area contributed by atoms with E-state index in [0.717, 1.165) is 69.3 Å². The van der Waals surface area contributed by atoms with Gasteiger partial charge in [-0.05, 0) is 88.0 Å². The summed E-state index contributed by atoms with van der Waals surface area (Å²) >= 11 is 0. The van der Waals surface area contributed by atoms with E-state index in [4.69, 9.17) is 28.4 Å². The highest BCUT2D eigenvalue weighted by atomic mass is 16.7. The van der Waals surface area contributed by atoms with Gasteiger partial charge in [0.1, 0.15) is 23.9 Å². The van der Waals surface area contributed by atoms with Gasteiger partial charge in [0.2, 0.25) is 5.88 Å². The van der Waals surface area contributed by atoms with E-state index >= 15 is 0 Å². The van der Waals surface area contributed by atoms with Gasteiger partial charge in [0.05, 0.1) is 25.2 Å². The molecule has 9 heteroatoms. The second-order valence-electron chi connectivity index (χ2n) is 12.3. The van der Waals surface area contributed by atoms with Crippen molar-refractivity contribution in [3.63, 3.8) is 0 Å². The molecule has 0 N–H and O–H groups in total. The third-order valence-corrected chi connectivity index (χ3v) is 9.12. The molecule has 0 amide bonds. The van der Waals surface area contributed by atoms with Crippen LogP contribution in [-0.4, -0.2) is 67.7 Å². The molecule has 238 valence electrons.